The van der Waals surface area contributed by atoms with Crippen LogP contribution in [0.4, 0.5) is 0 Å². The van der Waals surface area contributed by atoms with Crippen LogP contribution in [0.1, 0.15) is 75.3 Å². The highest BCUT2D eigenvalue weighted by molar-refractivity contribution is 7.85. The van der Waals surface area contributed by atoms with E-state index in [-0.39, 0.29) is 24.6 Å². The summed E-state index contributed by atoms with van der Waals surface area (Å²) in [4.78, 5) is 59.3. The average Bonchev–Trinajstić information content (AvgIpc) is 3.09. The molecule has 4 amide bonds. The van der Waals surface area contributed by atoms with Gasteiger partial charge in [-0.25, -0.2) is 4.98 Å². The van der Waals surface area contributed by atoms with Crippen LogP contribution < -0.4 is 21.7 Å². The van der Waals surface area contributed by atoms with Gasteiger partial charge < -0.3 is 26.8 Å². The first-order valence-electron chi connectivity index (χ1n) is 18.3. The van der Waals surface area contributed by atoms with Gasteiger partial charge in [-0.3, -0.25) is 28.6 Å². The largest absolute Gasteiger partial charge is 0.390 e. The molecule has 1 aromatic heterocycles. The number of benzene rings is 2. The second-order valence-electron chi connectivity index (χ2n) is 15.4. The van der Waals surface area contributed by atoms with Gasteiger partial charge in [-0.05, 0) is 69.6 Å². The number of piperidine rings is 1. The third-order valence-electron chi connectivity index (χ3n) is 9.67. The highest BCUT2D eigenvalue weighted by Crippen LogP contribution is 2.39. The monoisotopic (exact) mass is 766 g/mol. The van der Waals surface area contributed by atoms with Crippen LogP contribution in [0.2, 0.25) is 0 Å². The lowest BCUT2D eigenvalue weighted by atomic mass is 9.72. The van der Waals surface area contributed by atoms with Crippen molar-refractivity contribution in [1.82, 2.24) is 25.8 Å². The zero-order valence-corrected chi connectivity index (χ0v) is 32.2. The lowest BCUT2D eigenvalue weighted by Gasteiger charge is -2.47. The number of hydrogen-bond donors (Lipinski definition) is 6. The smallest absolute Gasteiger partial charge is 0.270 e. The number of aliphatic hydroxyl groups excluding tert-OH is 1. The minimum Gasteiger partial charge on any atom is -0.390 e. The number of hydrogen-bond acceptors (Lipinski definition) is 9. The number of nitrogens with two attached hydrogens (primary N) is 1. The molecule has 6 atom stereocenters. The van der Waals surface area contributed by atoms with Crippen LogP contribution >= 0.6 is 0 Å². The molecular formula is C39H54N6O8S. The number of likely N-dealkylation sites (tertiary alicyclic amines) is 1. The normalized spacial score (nSPS) is 20.6. The molecule has 0 spiro atoms. The van der Waals surface area contributed by atoms with Crippen molar-refractivity contribution in [2.45, 2.75) is 95.5 Å². The highest BCUT2D eigenvalue weighted by Gasteiger charge is 2.42. The molecule has 0 radical (unpaired) electrons. The summed E-state index contributed by atoms with van der Waals surface area (Å²) in [6.45, 7) is 6.73. The van der Waals surface area contributed by atoms with Crippen molar-refractivity contribution in [2.24, 2.45) is 17.6 Å². The molecule has 2 aromatic carbocycles. The van der Waals surface area contributed by atoms with Crippen molar-refractivity contribution >= 4 is 44.6 Å². The summed E-state index contributed by atoms with van der Waals surface area (Å²) < 4.78 is 25.9. The number of pyridine rings is 1. The quantitative estimate of drug-likeness (QED) is 0.148. The summed E-state index contributed by atoms with van der Waals surface area (Å²) in [5, 5.41) is 21.4. The van der Waals surface area contributed by atoms with E-state index in [4.69, 9.17) is 10.3 Å². The van der Waals surface area contributed by atoms with Crippen molar-refractivity contribution in [3.8, 4) is 0 Å². The standard InChI is InChI=1S/C38H50N6O5.CH4O3S/c1-38(2,3)43-37(49)32-20-26-14-7-8-15-27(26)22-44(32)23-33(45)30(19-24-11-5-4-6-12-24)41-36(48)31(21-34(39)46)42-35(47)29-18-17-25-13-9-10-16-28(25)40-29;1-5(2,3)4/h4-6,9-13,16-18,26-27,30-33,45H,7-8,14-15,19-23H2,1-3H3,(H2,39,46)(H,41,48)(H,42,47)(H,43,49);1H3,(H,2,3,4)/t26-,27+,30-,31-,32-,33?;/m0./s1. The van der Waals surface area contributed by atoms with Gasteiger partial charge in [0.05, 0.1) is 36.4 Å². The van der Waals surface area contributed by atoms with Crippen molar-refractivity contribution < 1.29 is 37.3 Å². The Labute approximate surface area is 317 Å². The molecule has 7 N–H and O–H groups in total. The van der Waals surface area contributed by atoms with Crippen LogP contribution in [0.25, 0.3) is 10.9 Å². The van der Waals surface area contributed by atoms with E-state index in [0.717, 1.165) is 36.6 Å². The first-order valence-corrected chi connectivity index (χ1v) is 20.2. The maximum Gasteiger partial charge on any atom is 0.270 e. The van der Waals surface area contributed by atoms with Gasteiger partial charge in [0, 0.05) is 24.0 Å². The Morgan fingerprint density at radius 2 is 1.57 bits per heavy atom. The Kier molecular flexibility index (Phi) is 14.7. The number of aliphatic hydroxyl groups is 1. The van der Waals surface area contributed by atoms with E-state index >= 15 is 0 Å². The van der Waals surface area contributed by atoms with Gasteiger partial charge in [0.2, 0.25) is 17.7 Å². The van der Waals surface area contributed by atoms with E-state index in [0.29, 0.717) is 30.2 Å². The number of carbonyl (C=O) groups is 4. The summed E-state index contributed by atoms with van der Waals surface area (Å²) in [5.74, 6) is -1.20. The van der Waals surface area contributed by atoms with Crippen LogP contribution in [0.15, 0.2) is 66.7 Å². The number of para-hydroxylation sites is 1. The Morgan fingerprint density at radius 1 is 0.944 bits per heavy atom. The lowest BCUT2D eigenvalue weighted by molar-refractivity contribution is -0.133. The highest BCUT2D eigenvalue weighted by atomic mass is 32.2. The maximum atomic E-state index is 13.8. The average molecular weight is 767 g/mol. The van der Waals surface area contributed by atoms with Gasteiger partial charge in [-0.1, -0.05) is 73.9 Å². The Morgan fingerprint density at radius 3 is 2.22 bits per heavy atom. The number of fused-ring (bicyclic) bond motifs is 2. The van der Waals surface area contributed by atoms with Gasteiger partial charge >= 0.3 is 0 Å². The number of aromatic nitrogens is 1. The molecule has 1 saturated carbocycles. The molecule has 1 saturated heterocycles. The third kappa shape index (κ3) is 13.4. The predicted octanol–water partition coefficient (Wildman–Crippen LogP) is 2.60. The van der Waals surface area contributed by atoms with Crippen LogP contribution in [0.5, 0.6) is 0 Å². The van der Waals surface area contributed by atoms with E-state index in [1.54, 1.807) is 18.2 Å². The van der Waals surface area contributed by atoms with Crippen LogP contribution in [-0.4, -0.2) is 101 Å². The Hall–Kier alpha value is -4.44. The molecule has 14 nitrogen and oxygen atoms in total. The number of rotatable bonds is 12. The topological polar surface area (TPSA) is 221 Å². The van der Waals surface area contributed by atoms with Gasteiger partial charge in [0.1, 0.15) is 11.7 Å². The van der Waals surface area contributed by atoms with E-state index < -0.39 is 64.0 Å². The lowest BCUT2D eigenvalue weighted by Crippen LogP contribution is -2.61. The summed E-state index contributed by atoms with van der Waals surface area (Å²) >= 11 is 0. The summed E-state index contributed by atoms with van der Waals surface area (Å²) in [6, 6.07) is 17.6. The maximum absolute atomic E-state index is 13.8. The van der Waals surface area contributed by atoms with Gasteiger partial charge in [0.15, 0.2) is 0 Å². The zero-order chi connectivity index (χ0) is 39.6. The van der Waals surface area contributed by atoms with E-state index in [1.807, 2.05) is 69.3 Å². The molecule has 5 rings (SSSR count). The second-order valence-corrected chi connectivity index (χ2v) is 16.9. The molecular weight excluding hydrogens is 713 g/mol. The molecule has 294 valence electrons. The van der Waals surface area contributed by atoms with Crippen molar-refractivity contribution in [2.75, 3.05) is 19.3 Å². The molecule has 2 heterocycles. The SMILES string of the molecule is CC(C)(C)NC(=O)[C@@H]1C[C@@H]2CCCC[C@@H]2CN1CC(O)[C@H](Cc1ccccc1)NC(=O)[C@H](CC(N)=O)NC(=O)c1ccc2ccccc2n1.CS(=O)(=O)O. The third-order valence-corrected chi connectivity index (χ3v) is 9.67. The minimum absolute atomic E-state index is 0.0566. The fraction of sp³-hybridized carbons (Fsp3) is 0.513. The van der Waals surface area contributed by atoms with Crippen LogP contribution in [-0.2, 0) is 30.9 Å². The number of amides is 4. The van der Waals surface area contributed by atoms with Crippen LogP contribution in [0.3, 0.4) is 0 Å². The van der Waals surface area contributed by atoms with Crippen molar-refractivity contribution in [3.05, 3.63) is 78.0 Å². The van der Waals surface area contributed by atoms with Gasteiger partial charge in [-0.15, -0.1) is 0 Å². The number of carbonyl (C=O) groups excluding carboxylic acids is 4. The molecule has 1 aliphatic carbocycles. The molecule has 1 unspecified atom stereocenters. The number of nitrogens with one attached hydrogen (secondary N) is 3. The molecule has 2 fully saturated rings. The molecule has 3 aromatic rings. The summed E-state index contributed by atoms with van der Waals surface area (Å²) in [5.41, 5.74) is 6.70. The van der Waals surface area contributed by atoms with Gasteiger partial charge in [-0.2, -0.15) is 8.42 Å². The van der Waals surface area contributed by atoms with Crippen LogP contribution in [0, 0.1) is 11.8 Å². The van der Waals surface area contributed by atoms with Gasteiger partial charge in [0.25, 0.3) is 16.0 Å². The first kappa shape index (κ1) is 42.3. The van der Waals surface area contributed by atoms with Crippen molar-refractivity contribution in [3.63, 3.8) is 0 Å². The Bertz CT molecular complexity index is 1860. The molecule has 1 aliphatic heterocycles. The number of nitrogens with zero attached hydrogens (tertiary/aromatic N) is 2. The second kappa shape index (κ2) is 18.7. The molecule has 0 bridgehead atoms. The fourth-order valence-electron chi connectivity index (χ4n) is 7.26. The first-order chi connectivity index (χ1) is 25.4. The number of primary amides is 1. The summed E-state index contributed by atoms with van der Waals surface area (Å²) in [6.07, 6.45) is 4.75. The summed E-state index contributed by atoms with van der Waals surface area (Å²) in [7, 11) is -3.67. The fourth-order valence-corrected chi connectivity index (χ4v) is 7.26. The van der Waals surface area contributed by atoms with E-state index in [1.165, 1.54) is 6.42 Å². The Balaban J connectivity index is 0.00000122. The van der Waals surface area contributed by atoms with E-state index in [2.05, 4.69) is 25.8 Å². The zero-order valence-electron chi connectivity index (χ0n) is 31.4. The molecule has 15 heteroatoms. The van der Waals surface area contributed by atoms with Crippen molar-refractivity contribution in [1.29, 1.82) is 0 Å². The van der Waals surface area contributed by atoms with E-state index in [9.17, 15) is 32.7 Å². The molecule has 2 aliphatic rings. The number of β-amino-alcohol motifs (C(OH)–C–C–N with tert-alkyl or cyclic N) is 1. The predicted molar refractivity (Wildman–Crippen MR) is 206 cm³/mol. The minimum atomic E-state index is -3.67. The molecule has 54 heavy (non-hydrogen) atoms.